The fourth-order valence-electron chi connectivity index (χ4n) is 2.72. The number of benzene rings is 3. The molecule has 1 unspecified atom stereocenters. The average Bonchev–Trinajstić information content (AvgIpc) is 2.68. The first-order valence-corrected chi connectivity index (χ1v) is 8.38. The minimum atomic E-state index is -0.602. The molecule has 0 heterocycles. The SMILES string of the molecule is O=C(NCC(O)Cc1ccccc1)c1ccc(-c2ccccc2)cc1. The zero-order valence-corrected chi connectivity index (χ0v) is 13.9. The van der Waals surface area contributed by atoms with E-state index < -0.39 is 6.10 Å². The summed E-state index contributed by atoms with van der Waals surface area (Å²) in [5, 5.41) is 12.9. The molecule has 25 heavy (non-hydrogen) atoms. The molecule has 126 valence electrons. The van der Waals surface area contributed by atoms with E-state index in [0.29, 0.717) is 12.0 Å². The van der Waals surface area contributed by atoms with Crippen molar-refractivity contribution in [3.63, 3.8) is 0 Å². The summed E-state index contributed by atoms with van der Waals surface area (Å²) in [4.78, 5) is 12.2. The van der Waals surface area contributed by atoms with Crippen LogP contribution in [0.4, 0.5) is 0 Å². The molecule has 3 rings (SSSR count). The summed E-state index contributed by atoms with van der Waals surface area (Å²) >= 11 is 0. The van der Waals surface area contributed by atoms with Crippen LogP contribution in [0.1, 0.15) is 15.9 Å². The minimum Gasteiger partial charge on any atom is -0.391 e. The molecule has 0 aliphatic carbocycles. The summed E-state index contributed by atoms with van der Waals surface area (Å²) in [5.74, 6) is -0.174. The number of hydrogen-bond donors (Lipinski definition) is 2. The first kappa shape index (κ1) is 16.9. The van der Waals surface area contributed by atoms with Gasteiger partial charge in [0.05, 0.1) is 6.10 Å². The maximum absolute atomic E-state index is 12.2. The van der Waals surface area contributed by atoms with Crippen LogP contribution in [0.25, 0.3) is 11.1 Å². The van der Waals surface area contributed by atoms with Gasteiger partial charge in [-0.3, -0.25) is 4.79 Å². The van der Waals surface area contributed by atoms with E-state index in [1.54, 1.807) is 12.1 Å². The van der Waals surface area contributed by atoms with Gasteiger partial charge in [0.1, 0.15) is 0 Å². The second kappa shape index (κ2) is 8.27. The zero-order valence-electron chi connectivity index (χ0n) is 13.9. The Morgan fingerprint density at radius 3 is 2.00 bits per heavy atom. The van der Waals surface area contributed by atoms with Gasteiger partial charge >= 0.3 is 0 Å². The molecule has 3 heteroatoms. The van der Waals surface area contributed by atoms with Crippen LogP contribution < -0.4 is 5.32 Å². The molecule has 3 aromatic carbocycles. The number of aliphatic hydroxyl groups excluding tert-OH is 1. The molecular weight excluding hydrogens is 310 g/mol. The van der Waals surface area contributed by atoms with Gasteiger partial charge in [0, 0.05) is 18.5 Å². The molecular formula is C22H21NO2. The van der Waals surface area contributed by atoms with Gasteiger partial charge < -0.3 is 10.4 Å². The number of carbonyl (C=O) groups is 1. The van der Waals surface area contributed by atoms with E-state index in [4.69, 9.17) is 0 Å². The van der Waals surface area contributed by atoms with Gasteiger partial charge in [-0.2, -0.15) is 0 Å². The maximum atomic E-state index is 12.2. The molecule has 0 bridgehead atoms. The molecule has 2 N–H and O–H groups in total. The Labute approximate surface area is 148 Å². The van der Waals surface area contributed by atoms with Crippen molar-refractivity contribution < 1.29 is 9.90 Å². The van der Waals surface area contributed by atoms with Gasteiger partial charge in [-0.15, -0.1) is 0 Å². The van der Waals surface area contributed by atoms with Crippen molar-refractivity contribution in [3.8, 4) is 11.1 Å². The van der Waals surface area contributed by atoms with E-state index in [1.807, 2.05) is 72.8 Å². The number of amides is 1. The van der Waals surface area contributed by atoms with Gasteiger partial charge in [-0.1, -0.05) is 72.8 Å². The Morgan fingerprint density at radius 2 is 1.36 bits per heavy atom. The van der Waals surface area contributed by atoms with Crippen LogP contribution in [-0.4, -0.2) is 23.7 Å². The minimum absolute atomic E-state index is 0.174. The van der Waals surface area contributed by atoms with E-state index in [1.165, 1.54) is 0 Å². The van der Waals surface area contributed by atoms with Crippen molar-refractivity contribution in [2.75, 3.05) is 6.54 Å². The predicted molar refractivity (Wildman–Crippen MR) is 100 cm³/mol. The van der Waals surface area contributed by atoms with E-state index in [0.717, 1.165) is 16.7 Å². The van der Waals surface area contributed by atoms with E-state index >= 15 is 0 Å². The van der Waals surface area contributed by atoms with Crippen molar-refractivity contribution in [2.45, 2.75) is 12.5 Å². The normalized spacial score (nSPS) is 11.7. The maximum Gasteiger partial charge on any atom is 0.251 e. The van der Waals surface area contributed by atoms with Crippen molar-refractivity contribution in [2.24, 2.45) is 0 Å². The molecule has 1 atom stereocenters. The smallest absolute Gasteiger partial charge is 0.251 e. The quantitative estimate of drug-likeness (QED) is 0.724. The Kier molecular flexibility index (Phi) is 5.60. The molecule has 0 aliphatic heterocycles. The molecule has 0 saturated heterocycles. The van der Waals surface area contributed by atoms with Crippen LogP contribution >= 0.6 is 0 Å². The highest BCUT2D eigenvalue weighted by atomic mass is 16.3. The lowest BCUT2D eigenvalue weighted by Gasteiger charge is -2.12. The van der Waals surface area contributed by atoms with E-state index in [2.05, 4.69) is 5.32 Å². The number of nitrogens with one attached hydrogen (secondary N) is 1. The monoisotopic (exact) mass is 331 g/mol. The van der Waals surface area contributed by atoms with Crippen LogP contribution in [0, 0.1) is 0 Å². The summed E-state index contributed by atoms with van der Waals surface area (Å²) in [7, 11) is 0. The van der Waals surface area contributed by atoms with Crippen molar-refractivity contribution >= 4 is 5.91 Å². The summed E-state index contributed by atoms with van der Waals surface area (Å²) in [6, 6.07) is 27.3. The second-order valence-corrected chi connectivity index (χ2v) is 6.00. The third-order valence-corrected chi connectivity index (χ3v) is 4.07. The molecule has 1 amide bonds. The Morgan fingerprint density at radius 1 is 0.800 bits per heavy atom. The Hall–Kier alpha value is -2.91. The highest BCUT2D eigenvalue weighted by Gasteiger charge is 2.10. The van der Waals surface area contributed by atoms with Crippen LogP contribution in [0.2, 0.25) is 0 Å². The average molecular weight is 331 g/mol. The number of aliphatic hydroxyl groups is 1. The molecule has 3 nitrogen and oxygen atoms in total. The van der Waals surface area contributed by atoms with Crippen molar-refractivity contribution in [3.05, 3.63) is 96.1 Å². The highest BCUT2D eigenvalue weighted by molar-refractivity contribution is 5.94. The third kappa shape index (κ3) is 4.78. The molecule has 0 aromatic heterocycles. The van der Waals surface area contributed by atoms with E-state index in [9.17, 15) is 9.90 Å². The van der Waals surface area contributed by atoms with Crippen molar-refractivity contribution in [1.82, 2.24) is 5.32 Å². The molecule has 0 fully saturated rings. The molecule has 3 aromatic rings. The van der Waals surface area contributed by atoms with Crippen LogP contribution in [0.3, 0.4) is 0 Å². The lowest BCUT2D eigenvalue weighted by Crippen LogP contribution is -2.33. The summed E-state index contributed by atoms with van der Waals surface area (Å²) < 4.78 is 0. The largest absolute Gasteiger partial charge is 0.391 e. The molecule has 0 spiro atoms. The topological polar surface area (TPSA) is 49.3 Å². The summed E-state index contributed by atoms with van der Waals surface area (Å²) in [5.41, 5.74) is 3.83. The zero-order chi connectivity index (χ0) is 17.5. The predicted octanol–water partition coefficient (Wildman–Crippen LogP) is 3.69. The molecule has 0 radical (unpaired) electrons. The van der Waals surface area contributed by atoms with Gasteiger partial charge in [0.15, 0.2) is 0 Å². The highest BCUT2D eigenvalue weighted by Crippen LogP contribution is 2.19. The van der Waals surface area contributed by atoms with Gasteiger partial charge in [0.2, 0.25) is 0 Å². The first-order chi connectivity index (χ1) is 12.2. The fourth-order valence-corrected chi connectivity index (χ4v) is 2.72. The third-order valence-electron chi connectivity index (χ3n) is 4.07. The van der Waals surface area contributed by atoms with Gasteiger partial charge in [0.25, 0.3) is 5.91 Å². The van der Waals surface area contributed by atoms with Gasteiger partial charge in [-0.05, 0) is 28.8 Å². The second-order valence-electron chi connectivity index (χ2n) is 6.00. The lowest BCUT2D eigenvalue weighted by molar-refractivity contribution is 0.0916. The van der Waals surface area contributed by atoms with Crippen LogP contribution in [0.5, 0.6) is 0 Å². The van der Waals surface area contributed by atoms with Crippen molar-refractivity contribution in [1.29, 1.82) is 0 Å². The number of carbonyl (C=O) groups excluding carboxylic acids is 1. The van der Waals surface area contributed by atoms with Crippen LogP contribution in [-0.2, 0) is 6.42 Å². The first-order valence-electron chi connectivity index (χ1n) is 8.38. The molecule has 0 aliphatic rings. The standard InChI is InChI=1S/C22H21NO2/c24-21(15-17-7-3-1-4-8-17)16-23-22(25)20-13-11-19(12-14-20)18-9-5-2-6-10-18/h1-14,21,24H,15-16H2,(H,23,25). The summed E-state index contributed by atoms with van der Waals surface area (Å²) in [6.45, 7) is 0.230. The van der Waals surface area contributed by atoms with Crippen LogP contribution in [0.15, 0.2) is 84.9 Å². The van der Waals surface area contributed by atoms with E-state index in [-0.39, 0.29) is 12.5 Å². The molecule has 0 saturated carbocycles. The Balaban J connectivity index is 1.54. The van der Waals surface area contributed by atoms with Gasteiger partial charge in [-0.25, -0.2) is 0 Å². The Bertz CT molecular complexity index is 798. The number of hydrogen-bond acceptors (Lipinski definition) is 2. The summed E-state index contributed by atoms with van der Waals surface area (Å²) in [6.07, 6.45) is -0.0800. The lowest BCUT2D eigenvalue weighted by atomic mass is 10.0. The fraction of sp³-hybridized carbons (Fsp3) is 0.136. The number of rotatable bonds is 6.